The Bertz CT molecular complexity index is 909. The van der Waals surface area contributed by atoms with Gasteiger partial charge in [0.1, 0.15) is 5.82 Å². The van der Waals surface area contributed by atoms with Crippen molar-refractivity contribution in [3.63, 3.8) is 0 Å². The van der Waals surface area contributed by atoms with E-state index in [-0.39, 0.29) is 11.4 Å². The third-order valence-electron chi connectivity index (χ3n) is 3.97. The van der Waals surface area contributed by atoms with Crippen LogP contribution in [-0.2, 0) is 9.59 Å². The molecule has 1 heterocycles. The van der Waals surface area contributed by atoms with Gasteiger partial charge in [-0.2, -0.15) is 0 Å². The molecule has 2 N–H and O–H groups in total. The number of para-hydroxylation sites is 1. The van der Waals surface area contributed by atoms with Crippen LogP contribution in [0.1, 0.15) is 5.56 Å². The molecule has 7 heteroatoms. The van der Waals surface area contributed by atoms with Gasteiger partial charge in [0, 0.05) is 5.70 Å². The highest BCUT2D eigenvalue weighted by Gasteiger charge is 2.43. The summed E-state index contributed by atoms with van der Waals surface area (Å²) < 4.78 is 13.8. The van der Waals surface area contributed by atoms with Gasteiger partial charge in [-0.1, -0.05) is 36.4 Å². The predicted octanol–water partition coefficient (Wildman–Crippen LogP) is 2.96. The maximum absolute atomic E-state index is 13.8. The van der Waals surface area contributed by atoms with Crippen LogP contribution in [0.25, 0.3) is 0 Å². The number of hydrogen-bond donors (Lipinski definition) is 2. The Morgan fingerprint density at radius 3 is 2.42 bits per heavy atom. The highest BCUT2D eigenvalue weighted by Crippen LogP contribution is 2.26. The van der Waals surface area contributed by atoms with Crippen molar-refractivity contribution in [1.82, 2.24) is 5.32 Å². The molecule has 1 saturated heterocycles. The molecule has 0 bridgehead atoms. The number of aryl methyl sites for hydroxylation is 1. The van der Waals surface area contributed by atoms with Gasteiger partial charge >= 0.3 is 6.03 Å². The first kappa shape index (κ1) is 17.3. The number of benzene rings is 2. The number of anilines is 2. The Kier molecular flexibility index (Phi) is 4.53. The first-order valence-corrected chi connectivity index (χ1v) is 7.84. The van der Waals surface area contributed by atoms with Gasteiger partial charge in [0.2, 0.25) is 5.91 Å². The second kappa shape index (κ2) is 6.79. The monoisotopic (exact) mass is 353 g/mol. The first-order valence-electron chi connectivity index (χ1n) is 7.84. The highest BCUT2D eigenvalue weighted by atomic mass is 19.1. The van der Waals surface area contributed by atoms with Crippen molar-refractivity contribution in [2.24, 2.45) is 5.92 Å². The molecule has 0 aromatic heterocycles. The zero-order valence-corrected chi connectivity index (χ0v) is 14.0. The third kappa shape index (κ3) is 3.19. The van der Waals surface area contributed by atoms with Gasteiger partial charge in [-0.3, -0.25) is 14.9 Å². The summed E-state index contributed by atoms with van der Waals surface area (Å²) in [5.74, 6) is -3.48. The Hall–Kier alpha value is -3.48. The minimum Gasteiger partial charge on any atom is -0.356 e. The number of amides is 4. The molecule has 0 radical (unpaired) electrons. The minimum absolute atomic E-state index is 0.0257. The molecular weight excluding hydrogens is 337 g/mol. The van der Waals surface area contributed by atoms with E-state index in [0.29, 0.717) is 5.69 Å². The predicted molar refractivity (Wildman–Crippen MR) is 94.9 cm³/mol. The second-order valence-corrected chi connectivity index (χ2v) is 5.87. The standard InChI is InChI=1S/C19H16FN3O3/c1-11-7-9-13(10-8-11)23-18(25)16(17(24)22-19(23)26)12(2)21-15-6-4-3-5-14(15)20/h3-10,16,21H,2H2,1H3,(H,22,24,26)/t16-/m0/s1. The third-order valence-corrected chi connectivity index (χ3v) is 3.97. The van der Waals surface area contributed by atoms with Crippen LogP contribution in [0.4, 0.5) is 20.6 Å². The quantitative estimate of drug-likeness (QED) is 0.829. The Morgan fingerprint density at radius 2 is 1.77 bits per heavy atom. The van der Waals surface area contributed by atoms with Gasteiger partial charge in [0.25, 0.3) is 5.91 Å². The van der Waals surface area contributed by atoms with Crippen molar-refractivity contribution < 1.29 is 18.8 Å². The van der Waals surface area contributed by atoms with Crippen LogP contribution in [0, 0.1) is 18.7 Å². The van der Waals surface area contributed by atoms with Crippen molar-refractivity contribution in [3.05, 3.63) is 72.2 Å². The van der Waals surface area contributed by atoms with Crippen molar-refractivity contribution >= 4 is 29.2 Å². The number of carbonyl (C=O) groups excluding carboxylic acids is 3. The summed E-state index contributed by atoms with van der Waals surface area (Å²) in [4.78, 5) is 38.0. The molecule has 4 amide bonds. The molecule has 0 aliphatic carbocycles. The molecule has 1 fully saturated rings. The van der Waals surface area contributed by atoms with Crippen molar-refractivity contribution in [3.8, 4) is 0 Å². The average Bonchev–Trinajstić information content (AvgIpc) is 2.58. The van der Waals surface area contributed by atoms with Crippen LogP contribution in [-0.4, -0.2) is 17.8 Å². The summed E-state index contributed by atoms with van der Waals surface area (Å²) >= 11 is 0. The number of carbonyl (C=O) groups is 3. The molecule has 0 spiro atoms. The van der Waals surface area contributed by atoms with E-state index in [9.17, 15) is 18.8 Å². The Balaban J connectivity index is 1.88. The van der Waals surface area contributed by atoms with Crippen LogP contribution < -0.4 is 15.5 Å². The molecule has 0 saturated carbocycles. The van der Waals surface area contributed by atoms with Gasteiger partial charge in [0.05, 0.1) is 11.4 Å². The summed E-state index contributed by atoms with van der Waals surface area (Å²) in [6, 6.07) is 11.7. The molecule has 132 valence electrons. The van der Waals surface area contributed by atoms with E-state index in [0.717, 1.165) is 10.5 Å². The molecule has 3 rings (SSSR count). The molecule has 2 aromatic rings. The SMILES string of the molecule is C=C(Nc1ccccc1F)[C@H]1C(=O)NC(=O)N(c2ccc(C)cc2)C1=O. The molecule has 0 unspecified atom stereocenters. The maximum atomic E-state index is 13.8. The van der Waals surface area contributed by atoms with E-state index in [2.05, 4.69) is 17.2 Å². The number of halogens is 1. The van der Waals surface area contributed by atoms with E-state index < -0.39 is 29.6 Å². The number of nitrogens with one attached hydrogen (secondary N) is 2. The molecule has 26 heavy (non-hydrogen) atoms. The first-order chi connectivity index (χ1) is 12.4. The Labute approximate surface area is 149 Å². The van der Waals surface area contributed by atoms with Gasteiger partial charge in [-0.25, -0.2) is 14.1 Å². The largest absolute Gasteiger partial charge is 0.356 e. The van der Waals surface area contributed by atoms with Crippen LogP contribution in [0.15, 0.2) is 60.8 Å². The summed E-state index contributed by atoms with van der Waals surface area (Å²) in [5, 5.41) is 4.78. The molecular formula is C19H16FN3O3. The maximum Gasteiger partial charge on any atom is 0.335 e. The lowest BCUT2D eigenvalue weighted by Crippen LogP contribution is -2.59. The number of urea groups is 1. The fraction of sp³-hybridized carbons (Fsp3) is 0.105. The summed E-state index contributed by atoms with van der Waals surface area (Å²) in [6.45, 7) is 5.55. The van der Waals surface area contributed by atoms with Gasteiger partial charge in [-0.05, 0) is 31.2 Å². The van der Waals surface area contributed by atoms with Crippen LogP contribution in [0.5, 0.6) is 0 Å². The minimum atomic E-state index is -1.37. The zero-order valence-electron chi connectivity index (χ0n) is 14.0. The average molecular weight is 353 g/mol. The number of hydrogen-bond acceptors (Lipinski definition) is 4. The second-order valence-electron chi connectivity index (χ2n) is 5.87. The fourth-order valence-electron chi connectivity index (χ4n) is 2.63. The van der Waals surface area contributed by atoms with Crippen molar-refractivity contribution in [1.29, 1.82) is 0 Å². The summed E-state index contributed by atoms with van der Waals surface area (Å²) in [7, 11) is 0. The van der Waals surface area contributed by atoms with Gasteiger partial charge < -0.3 is 5.32 Å². The number of imide groups is 2. The molecule has 6 nitrogen and oxygen atoms in total. The lowest BCUT2D eigenvalue weighted by Gasteiger charge is -2.31. The highest BCUT2D eigenvalue weighted by molar-refractivity contribution is 6.28. The van der Waals surface area contributed by atoms with Gasteiger partial charge in [0.15, 0.2) is 5.92 Å². The molecule has 1 aliphatic rings. The fourth-order valence-corrected chi connectivity index (χ4v) is 2.63. The van der Waals surface area contributed by atoms with E-state index >= 15 is 0 Å². The van der Waals surface area contributed by atoms with Crippen LogP contribution >= 0.6 is 0 Å². The zero-order chi connectivity index (χ0) is 18.8. The topological polar surface area (TPSA) is 78.5 Å². The van der Waals surface area contributed by atoms with E-state index in [4.69, 9.17) is 0 Å². The lowest BCUT2D eigenvalue weighted by molar-refractivity contribution is -0.132. The number of barbiturate groups is 1. The Morgan fingerprint density at radius 1 is 1.12 bits per heavy atom. The lowest BCUT2D eigenvalue weighted by atomic mass is 10.0. The smallest absolute Gasteiger partial charge is 0.335 e. The summed E-state index contributed by atoms with van der Waals surface area (Å²) in [5.41, 5.74) is 1.34. The van der Waals surface area contributed by atoms with Crippen LogP contribution in [0.2, 0.25) is 0 Å². The normalized spacial score (nSPS) is 17.1. The van der Waals surface area contributed by atoms with Crippen LogP contribution in [0.3, 0.4) is 0 Å². The molecule has 1 aliphatic heterocycles. The number of nitrogens with zero attached hydrogens (tertiary/aromatic N) is 1. The van der Waals surface area contributed by atoms with Crippen molar-refractivity contribution in [2.75, 3.05) is 10.2 Å². The molecule has 1 atom stereocenters. The van der Waals surface area contributed by atoms with E-state index in [1.807, 2.05) is 6.92 Å². The van der Waals surface area contributed by atoms with E-state index in [1.54, 1.807) is 30.3 Å². The van der Waals surface area contributed by atoms with E-state index in [1.165, 1.54) is 18.2 Å². The van der Waals surface area contributed by atoms with Crippen molar-refractivity contribution in [2.45, 2.75) is 6.92 Å². The summed E-state index contributed by atoms with van der Waals surface area (Å²) in [6.07, 6.45) is 0. The number of rotatable bonds is 4. The van der Waals surface area contributed by atoms with Gasteiger partial charge in [-0.15, -0.1) is 0 Å². The molecule has 2 aromatic carbocycles.